The number of carbonyl (C=O) groups excluding carboxylic acids is 2. The Hall–Kier alpha value is -2.15. The van der Waals surface area contributed by atoms with Gasteiger partial charge in [-0.1, -0.05) is 23.2 Å². The highest BCUT2D eigenvalue weighted by Crippen LogP contribution is 2.29. The maximum Gasteiger partial charge on any atom is 0.270 e. The van der Waals surface area contributed by atoms with Crippen molar-refractivity contribution in [1.29, 1.82) is 0 Å². The van der Waals surface area contributed by atoms with Gasteiger partial charge in [-0.15, -0.1) is 0 Å². The zero-order valence-electron chi connectivity index (χ0n) is 12.4. The van der Waals surface area contributed by atoms with Gasteiger partial charge in [-0.05, 0) is 48.6 Å². The topological polar surface area (TPSA) is 54.3 Å². The number of amides is 2. The van der Waals surface area contributed by atoms with Crippen LogP contribution in [0.4, 0.5) is 5.69 Å². The van der Waals surface area contributed by atoms with Crippen LogP contribution in [0.5, 0.6) is 0 Å². The molecule has 1 saturated heterocycles. The number of anilines is 1. The van der Waals surface area contributed by atoms with Gasteiger partial charge in [0.05, 0.1) is 15.7 Å². The first kappa shape index (κ1) is 16.7. The van der Waals surface area contributed by atoms with E-state index in [9.17, 15) is 9.59 Å². The minimum absolute atomic E-state index is 0.00702. The second-order valence-electron chi connectivity index (χ2n) is 5.10. The van der Waals surface area contributed by atoms with E-state index in [1.807, 2.05) is 19.3 Å². The molecule has 24 heavy (non-hydrogen) atoms. The zero-order valence-corrected chi connectivity index (χ0v) is 14.7. The molecule has 0 atom stereocenters. The lowest BCUT2D eigenvalue weighted by Crippen LogP contribution is -2.54. The van der Waals surface area contributed by atoms with Crippen LogP contribution in [-0.2, 0) is 16.6 Å². The first-order valence-electron chi connectivity index (χ1n) is 6.86. The largest absolute Gasteiger partial charge is 0.351 e. The zero-order chi connectivity index (χ0) is 17.4. The Morgan fingerprint density at radius 2 is 1.92 bits per heavy atom. The van der Waals surface area contributed by atoms with Gasteiger partial charge < -0.3 is 4.57 Å². The van der Waals surface area contributed by atoms with Crippen molar-refractivity contribution in [3.05, 3.63) is 57.8 Å². The summed E-state index contributed by atoms with van der Waals surface area (Å²) in [6.45, 7) is 0. The van der Waals surface area contributed by atoms with Gasteiger partial charge in [0.25, 0.3) is 11.8 Å². The van der Waals surface area contributed by atoms with Crippen molar-refractivity contribution < 1.29 is 9.59 Å². The fourth-order valence-corrected chi connectivity index (χ4v) is 2.86. The number of carbonyl (C=O) groups is 2. The van der Waals surface area contributed by atoms with E-state index in [4.69, 9.17) is 35.4 Å². The number of aromatic nitrogens is 1. The molecule has 0 saturated carbocycles. The average molecular weight is 380 g/mol. The van der Waals surface area contributed by atoms with Crippen molar-refractivity contribution in [3.63, 3.8) is 0 Å². The Balaban J connectivity index is 2.04. The van der Waals surface area contributed by atoms with E-state index >= 15 is 0 Å². The van der Waals surface area contributed by atoms with Crippen molar-refractivity contribution >= 4 is 64.1 Å². The van der Waals surface area contributed by atoms with E-state index in [1.54, 1.807) is 22.8 Å². The number of hydrogen-bond donors (Lipinski definition) is 1. The Morgan fingerprint density at radius 1 is 1.17 bits per heavy atom. The third kappa shape index (κ3) is 2.96. The van der Waals surface area contributed by atoms with Crippen LogP contribution in [0.25, 0.3) is 6.08 Å². The molecule has 0 spiro atoms. The monoisotopic (exact) mass is 379 g/mol. The molecule has 1 aromatic heterocycles. The van der Waals surface area contributed by atoms with E-state index in [2.05, 4.69) is 5.32 Å². The van der Waals surface area contributed by atoms with Gasteiger partial charge in [-0.2, -0.15) is 0 Å². The number of halogens is 2. The molecular formula is C16H11Cl2N3O2S. The Labute approximate surface area is 153 Å². The molecule has 0 bridgehead atoms. The van der Waals surface area contributed by atoms with E-state index in [1.165, 1.54) is 17.0 Å². The molecule has 1 fully saturated rings. The lowest BCUT2D eigenvalue weighted by Gasteiger charge is -2.29. The molecule has 1 aliphatic rings. The summed E-state index contributed by atoms with van der Waals surface area (Å²) in [6, 6.07) is 8.30. The van der Waals surface area contributed by atoms with Gasteiger partial charge in [0.1, 0.15) is 5.57 Å². The fraction of sp³-hybridized carbons (Fsp3) is 0.0625. The fourth-order valence-electron chi connectivity index (χ4n) is 2.29. The van der Waals surface area contributed by atoms with Crippen molar-refractivity contribution in [3.8, 4) is 0 Å². The van der Waals surface area contributed by atoms with Gasteiger partial charge in [-0.25, -0.2) is 0 Å². The number of thiocarbonyl (C=S) groups is 1. The molecule has 2 amide bonds. The Bertz CT molecular complexity index is 904. The second-order valence-corrected chi connectivity index (χ2v) is 6.30. The van der Waals surface area contributed by atoms with Crippen LogP contribution in [0.1, 0.15) is 5.69 Å². The summed E-state index contributed by atoms with van der Waals surface area (Å²) in [5.74, 6) is -1.06. The molecule has 1 aliphatic heterocycles. The van der Waals surface area contributed by atoms with Crippen LogP contribution in [0, 0.1) is 0 Å². The molecule has 8 heteroatoms. The summed E-state index contributed by atoms with van der Waals surface area (Å²) in [4.78, 5) is 26.2. The maximum absolute atomic E-state index is 12.8. The third-order valence-electron chi connectivity index (χ3n) is 3.54. The molecule has 0 aliphatic carbocycles. The summed E-state index contributed by atoms with van der Waals surface area (Å²) in [7, 11) is 1.82. The highest BCUT2D eigenvalue weighted by Gasteiger charge is 2.34. The standard InChI is InChI=1S/C16H11Cl2N3O2S/c1-20-6-2-3-9(20)7-11-14(22)19-16(24)21(15(11)23)10-4-5-12(17)13(18)8-10/h2-8H,1H3,(H,19,22,24)/b11-7+. The van der Waals surface area contributed by atoms with Crippen LogP contribution >= 0.6 is 35.4 Å². The molecular weight excluding hydrogens is 369 g/mol. The average Bonchev–Trinajstić information content (AvgIpc) is 2.92. The predicted octanol–water partition coefficient (Wildman–Crippen LogP) is 3.16. The van der Waals surface area contributed by atoms with Crippen LogP contribution in [0.15, 0.2) is 42.1 Å². The molecule has 122 valence electrons. The highest BCUT2D eigenvalue weighted by molar-refractivity contribution is 7.80. The second kappa shape index (κ2) is 6.39. The van der Waals surface area contributed by atoms with Crippen LogP contribution < -0.4 is 10.2 Å². The molecule has 3 rings (SSSR count). The summed E-state index contributed by atoms with van der Waals surface area (Å²) in [5.41, 5.74) is 1.13. The number of hydrogen-bond acceptors (Lipinski definition) is 3. The lowest BCUT2D eigenvalue weighted by atomic mass is 10.1. The molecule has 2 heterocycles. The summed E-state index contributed by atoms with van der Waals surface area (Å²) in [5, 5.41) is 3.16. The Kier molecular flexibility index (Phi) is 4.45. The summed E-state index contributed by atoms with van der Waals surface area (Å²) >= 11 is 17.0. The van der Waals surface area contributed by atoms with Crippen LogP contribution in [0.3, 0.4) is 0 Å². The summed E-state index contributed by atoms with van der Waals surface area (Å²) < 4.78 is 1.80. The Morgan fingerprint density at radius 3 is 2.54 bits per heavy atom. The van der Waals surface area contributed by atoms with Crippen LogP contribution in [-0.4, -0.2) is 21.5 Å². The van der Waals surface area contributed by atoms with E-state index in [0.717, 1.165) is 5.69 Å². The van der Waals surface area contributed by atoms with E-state index < -0.39 is 11.8 Å². The van der Waals surface area contributed by atoms with Crippen molar-refractivity contribution in [2.75, 3.05) is 4.90 Å². The lowest BCUT2D eigenvalue weighted by molar-refractivity contribution is -0.122. The normalized spacial score (nSPS) is 16.7. The number of nitrogens with zero attached hydrogens (tertiary/aromatic N) is 2. The number of nitrogens with one attached hydrogen (secondary N) is 1. The van der Waals surface area contributed by atoms with Crippen molar-refractivity contribution in [2.45, 2.75) is 0 Å². The van der Waals surface area contributed by atoms with Gasteiger partial charge in [-0.3, -0.25) is 19.8 Å². The van der Waals surface area contributed by atoms with E-state index in [0.29, 0.717) is 10.7 Å². The number of aryl methyl sites for hydroxylation is 1. The highest BCUT2D eigenvalue weighted by atomic mass is 35.5. The van der Waals surface area contributed by atoms with Crippen molar-refractivity contribution in [2.24, 2.45) is 7.05 Å². The van der Waals surface area contributed by atoms with Crippen LogP contribution in [0.2, 0.25) is 10.0 Å². The molecule has 5 nitrogen and oxygen atoms in total. The SMILES string of the molecule is Cn1cccc1/C=C1\C(=O)NC(=S)N(c2ccc(Cl)c(Cl)c2)C1=O. The molecule has 2 aromatic rings. The first-order chi connectivity index (χ1) is 11.4. The molecule has 1 aromatic carbocycles. The minimum atomic E-state index is -0.539. The predicted molar refractivity (Wildman–Crippen MR) is 98.1 cm³/mol. The maximum atomic E-state index is 12.8. The van der Waals surface area contributed by atoms with Crippen molar-refractivity contribution in [1.82, 2.24) is 9.88 Å². The van der Waals surface area contributed by atoms with Gasteiger partial charge in [0.15, 0.2) is 5.11 Å². The molecule has 1 N–H and O–H groups in total. The summed E-state index contributed by atoms with van der Waals surface area (Å²) in [6.07, 6.45) is 3.34. The quantitative estimate of drug-likeness (QED) is 0.495. The number of rotatable bonds is 2. The van der Waals surface area contributed by atoms with Gasteiger partial charge in [0, 0.05) is 18.9 Å². The smallest absolute Gasteiger partial charge is 0.270 e. The minimum Gasteiger partial charge on any atom is -0.351 e. The first-order valence-corrected chi connectivity index (χ1v) is 8.03. The molecule has 0 radical (unpaired) electrons. The third-order valence-corrected chi connectivity index (χ3v) is 4.56. The molecule has 0 unspecified atom stereocenters. The van der Waals surface area contributed by atoms with E-state index in [-0.39, 0.29) is 15.7 Å². The van der Waals surface area contributed by atoms with Gasteiger partial charge >= 0.3 is 0 Å². The number of benzene rings is 1. The van der Waals surface area contributed by atoms with Gasteiger partial charge in [0.2, 0.25) is 0 Å².